The number of aliphatic imine (C=N–C) groups is 1. The third-order valence-electron chi connectivity index (χ3n) is 7.37. The van der Waals surface area contributed by atoms with Crippen LogP contribution >= 0.6 is 11.3 Å². The SMILES string of the molecule is CCCCCCCCCCCCCCCCCCC(=O)Oc1ccc(/C=N/c2nc3ccc(OC)cc3s2)c(O)c1. The molecule has 1 N–H and O–H groups in total. The number of carbonyl (C=O) groups is 1. The summed E-state index contributed by atoms with van der Waals surface area (Å²) in [5, 5.41) is 11.0. The first-order valence-corrected chi connectivity index (χ1v) is 16.4. The fraction of sp³-hybridized carbons (Fsp3) is 0.559. The summed E-state index contributed by atoms with van der Waals surface area (Å²) in [4.78, 5) is 21.1. The minimum absolute atomic E-state index is 0.00393. The zero-order valence-electron chi connectivity index (χ0n) is 25.0. The van der Waals surface area contributed by atoms with Gasteiger partial charge in [-0.2, -0.15) is 0 Å². The summed E-state index contributed by atoms with van der Waals surface area (Å²) < 4.78 is 11.7. The Balaban J connectivity index is 1.23. The fourth-order valence-electron chi connectivity index (χ4n) is 4.90. The van der Waals surface area contributed by atoms with Crippen molar-refractivity contribution in [1.29, 1.82) is 0 Å². The van der Waals surface area contributed by atoms with Crippen LogP contribution in [-0.2, 0) is 4.79 Å². The predicted octanol–water partition coefficient (Wildman–Crippen LogP) is 10.3. The molecule has 1 aromatic heterocycles. The van der Waals surface area contributed by atoms with Crippen molar-refractivity contribution in [3.05, 3.63) is 42.0 Å². The highest BCUT2D eigenvalue weighted by Crippen LogP contribution is 2.31. The highest BCUT2D eigenvalue weighted by atomic mass is 32.1. The van der Waals surface area contributed by atoms with Gasteiger partial charge in [0.05, 0.1) is 17.3 Å². The molecule has 0 spiro atoms. The standard InChI is InChI=1S/C34H48N2O4S/c1-3-4-5-6-7-8-9-10-11-12-13-14-15-16-17-18-19-33(38)40-29-21-20-27(31(37)24-29)26-35-34-36-30-23-22-28(39-2)25-32(30)41-34/h20-26,37H,3-19H2,1-2H3/b35-26+. The molecule has 0 aliphatic heterocycles. The van der Waals surface area contributed by atoms with Crippen LogP contribution < -0.4 is 9.47 Å². The number of hydrogen-bond acceptors (Lipinski definition) is 7. The van der Waals surface area contributed by atoms with Gasteiger partial charge in [0.2, 0.25) is 5.13 Å². The van der Waals surface area contributed by atoms with Crippen molar-refractivity contribution in [1.82, 2.24) is 4.98 Å². The molecule has 0 atom stereocenters. The second kappa shape index (κ2) is 19.2. The highest BCUT2D eigenvalue weighted by Gasteiger charge is 2.09. The van der Waals surface area contributed by atoms with Crippen LogP contribution in [0.15, 0.2) is 41.4 Å². The average molecular weight is 581 g/mol. The Morgan fingerprint density at radius 3 is 2.00 bits per heavy atom. The van der Waals surface area contributed by atoms with E-state index in [-0.39, 0.29) is 11.7 Å². The number of unbranched alkanes of at least 4 members (excludes halogenated alkanes) is 15. The predicted molar refractivity (Wildman–Crippen MR) is 171 cm³/mol. The van der Waals surface area contributed by atoms with Gasteiger partial charge in [-0.15, -0.1) is 0 Å². The normalized spacial score (nSPS) is 11.5. The second-order valence-corrected chi connectivity index (χ2v) is 11.8. The number of methoxy groups -OCH3 is 1. The molecule has 0 saturated carbocycles. The number of aromatic nitrogens is 1. The number of rotatable bonds is 21. The molecule has 3 aromatic rings. The van der Waals surface area contributed by atoms with Crippen molar-refractivity contribution < 1.29 is 19.4 Å². The van der Waals surface area contributed by atoms with Crippen LogP contribution in [0.25, 0.3) is 10.2 Å². The lowest BCUT2D eigenvalue weighted by Gasteiger charge is -2.06. The number of ether oxygens (including phenoxy) is 2. The summed E-state index contributed by atoms with van der Waals surface area (Å²) in [5.41, 5.74) is 1.37. The molecule has 2 aromatic carbocycles. The van der Waals surface area contributed by atoms with Crippen molar-refractivity contribution in [3.8, 4) is 17.2 Å². The number of esters is 1. The van der Waals surface area contributed by atoms with E-state index in [1.807, 2.05) is 18.2 Å². The Hall–Kier alpha value is -2.93. The molecule has 0 saturated heterocycles. The van der Waals surface area contributed by atoms with E-state index in [0.29, 0.717) is 22.9 Å². The molecule has 7 heteroatoms. The number of phenolic OH excluding ortho intramolecular Hbond substituents is 1. The summed E-state index contributed by atoms with van der Waals surface area (Å²) in [6.45, 7) is 2.27. The molecule has 0 aliphatic carbocycles. The summed E-state index contributed by atoms with van der Waals surface area (Å²) in [7, 11) is 1.63. The molecule has 0 aliphatic rings. The first-order valence-electron chi connectivity index (χ1n) is 15.6. The van der Waals surface area contributed by atoms with Gasteiger partial charge in [0.1, 0.15) is 17.2 Å². The number of hydrogen-bond donors (Lipinski definition) is 1. The van der Waals surface area contributed by atoms with Gasteiger partial charge in [-0.3, -0.25) is 4.79 Å². The number of benzene rings is 2. The Morgan fingerprint density at radius 1 is 0.829 bits per heavy atom. The monoisotopic (exact) mass is 580 g/mol. The topological polar surface area (TPSA) is 81.0 Å². The van der Waals surface area contributed by atoms with Crippen molar-refractivity contribution in [2.45, 2.75) is 116 Å². The van der Waals surface area contributed by atoms with E-state index in [4.69, 9.17) is 9.47 Å². The van der Waals surface area contributed by atoms with E-state index in [1.165, 1.54) is 107 Å². The Morgan fingerprint density at radius 2 is 1.41 bits per heavy atom. The van der Waals surface area contributed by atoms with Gasteiger partial charge in [-0.1, -0.05) is 115 Å². The van der Waals surface area contributed by atoms with E-state index in [0.717, 1.165) is 28.8 Å². The van der Waals surface area contributed by atoms with Gasteiger partial charge >= 0.3 is 5.97 Å². The minimum Gasteiger partial charge on any atom is -0.507 e. The van der Waals surface area contributed by atoms with Gasteiger partial charge < -0.3 is 14.6 Å². The molecule has 0 amide bonds. The van der Waals surface area contributed by atoms with Crippen molar-refractivity contribution in [3.63, 3.8) is 0 Å². The molecule has 0 bridgehead atoms. The number of thiazole rings is 1. The molecule has 1 heterocycles. The summed E-state index contributed by atoms with van der Waals surface area (Å²) in [6, 6.07) is 10.5. The molecule has 224 valence electrons. The average Bonchev–Trinajstić information content (AvgIpc) is 3.38. The third-order valence-corrected chi connectivity index (χ3v) is 8.29. The second-order valence-electron chi connectivity index (χ2n) is 10.8. The first-order chi connectivity index (χ1) is 20.1. The number of aromatic hydroxyl groups is 1. The quantitative estimate of drug-likeness (QED) is 0.0586. The maximum absolute atomic E-state index is 12.3. The van der Waals surface area contributed by atoms with Gasteiger partial charge in [-0.25, -0.2) is 9.98 Å². The van der Waals surface area contributed by atoms with Crippen LogP contribution in [-0.4, -0.2) is 29.4 Å². The van der Waals surface area contributed by atoms with E-state index in [2.05, 4.69) is 16.9 Å². The maximum atomic E-state index is 12.3. The number of nitrogens with zero attached hydrogens (tertiary/aromatic N) is 2. The van der Waals surface area contributed by atoms with Crippen LogP contribution in [0.1, 0.15) is 122 Å². The summed E-state index contributed by atoms with van der Waals surface area (Å²) in [6.07, 6.45) is 22.8. The Labute approximate surface area is 250 Å². The van der Waals surface area contributed by atoms with Gasteiger partial charge in [0.25, 0.3) is 0 Å². The van der Waals surface area contributed by atoms with Gasteiger partial charge in [-0.05, 0) is 36.8 Å². The maximum Gasteiger partial charge on any atom is 0.311 e. The zero-order valence-corrected chi connectivity index (χ0v) is 25.9. The van der Waals surface area contributed by atoms with Crippen LogP contribution in [0.3, 0.4) is 0 Å². The summed E-state index contributed by atoms with van der Waals surface area (Å²) >= 11 is 1.44. The van der Waals surface area contributed by atoms with Crippen molar-refractivity contribution in [2.24, 2.45) is 4.99 Å². The third kappa shape index (κ3) is 12.6. The number of phenols is 1. The zero-order chi connectivity index (χ0) is 29.1. The van der Waals surface area contributed by atoms with Crippen molar-refractivity contribution >= 4 is 38.9 Å². The largest absolute Gasteiger partial charge is 0.507 e. The van der Waals surface area contributed by atoms with E-state index >= 15 is 0 Å². The molecule has 0 radical (unpaired) electrons. The molecule has 0 unspecified atom stereocenters. The van der Waals surface area contributed by atoms with Crippen LogP contribution in [0, 0.1) is 0 Å². The Kier molecular flexibility index (Phi) is 15.3. The van der Waals surface area contributed by atoms with Crippen molar-refractivity contribution in [2.75, 3.05) is 7.11 Å². The smallest absolute Gasteiger partial charge is 0.311 e. The molecule has 6 nitrogen and oxygen atoms in total. The van der Waals surface area contributed by atoms with E-state index < -0.39 is 0 Å². The lowest BCUT2D eigenvalue weighted by Crippen LogP contribution is -2.07. The molecular formula is C34H48N2O4S. The molecule has 41 heavy (non-hydrogen) atoms. The first kappa shape index (κ1) is 32.6. The fourth-order valence-corrected chi connectivity index (χ4v) is 5.74. The lowest BCUT2D eigenvalue weighted by atomic mass is 10.0. The number of fused-ring (bicyclic) bond motifs is 1. The van der Waals surface area contributed by atoms with Gasteiger partial charge in [0, 0.05) is 24.3 Å². The van der Waals surface area contributed by atoms with Crippen LogP contribution in [0.2, 0.25) is 0 Å². The van der Waals surface area contributed by atoms with E-state index in [1.54, 1.807) is 25.5 Å². The van der Waals surface area contributed by atoms with Crippen LogP contribution in [0.5, 0.6) is 17.2 Å². The summed E-state index contributed by atoms with van der Waals surface area (Å²) in [5.74, 6) is 0.854. The molecule has 0 fully saturated rings. The minimum atomic E-state index is -0.263. The molecular weight excluding hydrogens is 532 g/mol. The Bertz CT molecular complexity index is 1210. The highest BCUT2D eigenvalue weighted by molar-refractivity contribution is 7.22. The number of carbonyl (C=O) groups excluding carboxylic acids is 1. The van der Waals surface area contributed by atoms with Crippen LogP contribution in [0.4, 0.5) is 5.13 Å². The van der Waals surface area contributed by atoms with Gasteiger partial charge in [0.15, 0.2) is 0 Å². The van der Waals surface area contributed by atoms with E-state index in [9.17, 15) is 9.90 Å². The lowest BCUT2D eigenvalue weighted by molar-refractivity contribution is -0.134. The molecule has 3 rings (SSSR count).